The standard InChI is InChI=1S/C17H21N3O/c1-13-7-9-15(10-8-13)19-12-14(11-18)17(21)20-16-5-3-2-4-6-16/h7-10,12,16,19H,2-6H2,1H3,(H,20,21)/b14-12-. The molecule has 1 fully saturated rings. The van der Waals surface area contributed by atoms with Crippen molar-refractivity contribution in [1.82, 2.24) is 5.32 Å². The second-order valence-corrected chi connectivity index (χ2v) is 5.49. The molecule has 1 aliphatic carbocycles. The number of nitrogens with zero attached hydrogens (tertiary/aromatic N) is 1. The lowest BCUT2D eigenvalue weighted by Crippen LogP contribution is -2.37. The number of carbonyl (C=O) groups excluding carboxylic acids is 1. The summed E-state index contributed by atoms with van der Waals surface area (Å²) in [5.41, 5.74) is 2.14. The van der Waals surface area contributed by atoms with E-state index < -0.39 is 0 Å². The van der Waals surface area contributed by atoms with Gasteiger partial charge in [-0.1, -0.05) is 37.0 Å². The maximum Gasteiger partial charge on any atom is 0.263 e. The van der Waals surface area contributed by atoms with Crippen LogP contribution in [0.2, 0.25) is 0 Å². The van der Waals surface area contributed by atoms with Crippen molar-refractivity contribution in [2.75, 3.05) is 5.32 Å². The Morgan fingerprint density at radius 1 is 1.24 bits per heavy atom. The van der Waals surface area contributed by atoms with Gasteiger partial charge < -0.3 is 10.6 Å². The van der Waals surface area contributed by atoms with Crippen LogP contribution in [0.1, 0.15) is 37.7 Å². The highest BCUT2D eigenvalue weighted by atomic mass is 16.1. The quantitative estimate of drug-likeness (QED) is 0.658. The van der Waals surface area contributed by atoms with Crippen LogP contribution in [0.4, 0.5) is 5.69 Å². The van der Waals surface area contributed by atoms with Gasteiger partial charge >= 0.3 is 0 Å². The maximum absolute atomic E-state index is 12.1. The summed E-state index contributed by atoms with van der Waals surface area (Å²) in [5, 5.41) is 15.1. The molecule has 1 aliphatic rings. The largest absolute Gasteiger partial charge is 0.360 e. The molecular formula is C17H21N3O. The molecule has 110 valence electrons. The van der Waals surface area contributed by atoms with Gasteiger partial charge in [-0.05, 0) is 31.9 Å². The Morgan fingerprint density at radius 2 is 1.90 bits per heavy atom. The highest BCUT2D eigenvalue weighted by Crippen LogP contribution is 2.17. The molecule has 1 saturated carbocycles. The Balaban J connectivity index is 1.94. The summed E-state index contributed by atoms with van der Waals surface area (Å²) in [7, 11) is 0. The Bertz CT molecular complexity index is 548. The number of hydrogen-bond acceptors (Lipinski definition) is 3. The van der Waals surface area contributed by atoms with Crippen molar-refractivity contribution in [3.05, 3.63) is 41.6 Å². The molecule has 0 aromatic heterocycles. The van der Waals surface area contributed by atoms with E-state index in [2.05, 4.69) is 10.6 Å². The second-order valence-electron chi connectivity index (χ2n) is 5.49. The molecule has 4 heteroatoms. The normalized spacial score (nSPS) is 16.1. The van der Waals surface area contributed by atoms with Crippen molar-refractivity contribution < 1.29 is 4.79 Å². The van der Waals surface area contributed by atoms with Crippen LogP contribution < -0.4 is 10.6 Å². The van der Waals surface area contributed by atoms with Crippen LogP contribution in [0, 0.1) is 18.3 Å². The minimum Gasteiger partial charge on any atom is -0.360 e. The number of carbonyl (C=O) groups is 1. The number of hydrogen-bond donors (Lipinski definition) is 2. The van der Waals surface area contributed by atoms with Crippen LogP contribution in [-0.4, -0.2) is 11.9 Å². The third-order valence-corrected chi connectivity index (χ3v) is 3.74. The zero-order valence-corrected chi connectivity index (χ0v) is 12.4. The van der Waals surface area contributed by atoms with Crippen LogP contribution in [0.25, 0.3) is 0 Å². The van der Waals surface area contributed by atoms with Crippen LogP contribution in [0.3, 0.4) is 0 Å². The summed E-state index contributed by atoms with van der Waals surface area (Å²) in [6.45, 7) is 2.01. The number of anilines is 1. The van der Waals surface area contributed by atoms with Gasteiger partial charge in [0.05, 0.1) is 0 Å². The molecule has 0 unspecified atom stereocenters. The van der Waals surface area contributed by atoms with Gasteiger partial charge in [0.2, 0.25) is 0 Å². The Hall–Kier alpha value is -2.28. The van der Waals surface area contributed by atoms with E-state index in [-0.39, 0.29) is 17.5 Å². The van der Waals surface area contributed by atoms with E-state index in [1.807, 2.05) is 37.3 Å². The summed E-state index contributed by atoms with van der Waals surface area (Å²) in [6.07, 6.45) is 7.03. The molecule has 0 atom stereocenters. The zero-order chi connectivity index (χ0) is 15.1. The van der Waals surface area contributed by atoms with Gasteiger partial charge in [0, 0.05) is 17.9 Å². The van der Waals surface area contributed by atoms with Gasteiger partial charge in [-0.15, -0.1) is 0 Å². The fraction of sp³-hybridized carbons (Fsp3) is 0.412. The average Bonchev–Trinajstić information content (AvgIpc) is 2.51. The molecule has 0 aliphatic heterocycles. The minimum absolute atomic E-state index is 0.112. The average molecular weight is 283 g/mol. The lowest BCUT2D eigenvalue weighted by molar-refractivity contribution is -0.118. The third kappa shape index (κ3) is 4.64. The first kappa shape index (κ1) is 15.1. The minimum atomic E-state index is -0.288. The maximum atomic E-state index is 12.1. The summed E-state index contributed by atoms with van der Waals surface area (Å²) >= 11 is 0. The molecular weight excluding hydrogens is 262 g/mol. The van der Waals surface area contributed by atoms with E-state index in [0.29, 0.717) is 0 Å². The molecule has 2 N–H and O–H groups in total. The van der Waals surface area contributed by atoms with E-state index >= 15 is 0 Å². The van der Waals surface area contributed by atoms with E-state index in [9.17, 15) is 4.79 Å². The summed E-state index contributed by atoms with van der Waals surface area (Å²) in [5.74, 6) is -0.288. The van der Waals surface area contributed by atoms with E-state index in [0.717, 1.165) is 31.4 Å². The molecule has 1 aromatic rings. The predicted octanol–water partition coefficient (Wildman–Crippen LogP) is 3.26. The van der Waals surface area contributed by atoms with Gasteiger partial charge in [-0.25, -0.2) is 0 Å². The number of amides is 1. The van der Waals surface area contributed by atoms with Gasteiger partial charge in [-0.2, -0.15) is 5.26 Å². The summed E-state index contributed by atoms with van der Waals surface area (Å²) < 4.78 is 0. The zero-order valence-electron chi connectivity index (χ0n) is 12.4. The Labute approximate surface area is 125 Å². The SMILES string of the molecule is Cc1ccc(N/C=C(/C#N)C(=O)NC2CCCCC2)cc1. The van der Waals surface area contributed by atoms with Crippen molar-refractivity contribution in [2.24, 2.45) is 0 Å². The summed E-state index contributed by atoms with van der Waals surface area (Å²) in [6, 6.07) is 9.96. The van der Waals surface area contributed by atoms with Gasteiger partial charge in [0.1, 0.15) is 11.6 Å². The van der Waals surface area contributed by atoms with Crippen LogP contribution in [-0.2, 0) is 4.79 Å². The first-order valence-corrected chi connectivity index (χ1v) is 7.43. The van der Waals surface area contributed by atoms with E-state index in [1.54, 1.807) is 0 Å². The van der Waals surface area contributed by atoms with Gasteiger partial charge in [0.15, 0.2) is 0 Å². The van der Waals surface area contributed by atoms with Crippen molar-refractivity contribution in [1.29, 1.82) is 5.26 Å². The molecule has 0 radical (unpaired) electrons. The number of aryl methyl sites for hydroxylation is 1. The van der Waals surface area contributed by atoms with Crippen molar-refractivity contribution >= 4 is 11.6 Å². The summed E-state index contributed by atoms with van der Waals surface area (Å²) in [4.78, 5) is 12.1. The molecule has 0 bridgehead atoms. The second kappa shape index (κ2) is 7.49. The Morgan fingerprint density at radius 3 is 2.52 bits per heavy atom. The predicted molar refractivity (Wildman–Crippen MR) is 83.5 cm³/mol. The third-order valence-electron chi connectivity index (χ3n) is 3.74. The van der Waals surface area contributed by atoms with Crippen LogP contribution in [0.15, 0.2) is 36.0 Å². The molecule has 1 aromatic carbocycles. The van der Waals surface area contributed by atoms with Crippen molar-refractivity contribution in [3.63, 3.8) is 0 Å². The molecule has 0 heterocycles. The first-order chi connectivity index (χ1) is 10.2. The van der Waals surface area contributed by atoms with Crippen molar-refractivity contribution in [3.8, 4) is 6.07 Å². The fourth-order valence-electron chi connectivity index (χ4n) is 2.46. The monoisotopic (exact) mass is 283 g/mol. The van der Waals surface area contributed by atoms with Gasteiger partial charge in [0.25, 0.3) is 5.91 Å². The molecule has 2 rings (SSSR count). The van der Waals surface area contributed by atoms with Crippen molar-refractivity contribution in [2.45, 2.75) is 45.1 Å². The fourth-order valence-corrected chi connectivity index (χ4v) is 2.46. The number of nitriles is 1. The number of benzene rings is 1. The molecule has 4 nitrogen and oxygen atoms in total. The Kier molecular flexibility index (Phi) is 5.39. The number of rotatable bonds is 4. The topological polar surface area (TPSA) is 64.9 Å². The lowest BCUT2D eigenvalue weighted by atomic mass is 9.95. The molecule has 21 heavy (non-hydrogen) atoms. The van der Waals surface area contributed by atoms with Crippen LogP contribution >= 0.6 is 0 Å². The van der Waals surface area contributed by atoms with Gasteiger partial charge in [-0.3, -0.25) is 4.79 Å². The highest BCUT2D eigenvalue weighted by molar-refractivity contribution is 5.97. The highest BCUT2D eigenvalue weighted by Gasteiger charge is 2.17. The smallest absolute Gasteiger partial charge is 0.263 e. The first-order valence-electron chi connectivity index (χ1n) is 7.43. The number of nitrogens with one attached hydrogen (secondary N) is 2. The molecule has 0 saturated heterocycles. The molecule has 0 spiro atoms. The van der Waals surface area contributed by atoms with Crippen LogP contribution in [0.5, 0.6) is 0 Å². The lowest BCUT2D eigenvalue weighted by Gasteiger charge is -2.22. The van der Waals surface area contributed by atoms with E-state index in [4.69, 9.17) is 5.26 Å². The van der Waals surface area contributed by atoms with E-state index in [1.165, 1.54) is 18.2 Å². The molecule has 1 amide bonds.